The van der Waals surface area contributed by atoms with E-state index in [0.29, 0.717) is 16.5 Å². The number of nitrogens with zero attached hydrogens (tertiary/aromatic N) is 2. The summed E-state index contributed by atoms with van der Waals surface area (Å²) in [6.45, 7) is 0. The Morgan fingerprint density at radius 2 is 1.92 bits per heavy atom. The van der Waals surface area contributed by atoms with Crippen LogP contribution in [-0.4, -0.2) is 17.0 Å². The van der Waals surface area contributed by atoms with Crippen LogP contribution in [0.2, 0.25) is 0 Å². The number of nitrogen functional groups attached to an aromatic ring is 1. The minimum atomic E-state index is -0.462. The van der Waals surface area contributed by atoms with Crippen LogP contribution in [0.25, 0.3) is 11.3 Å². The fourth-order valence-electron chi connectivity index (χ4n) is 2.12. The minimum Gasteiger partial charge on any atom is -0.375 e. The molecule has 0 atom stereocenters. The van der Waals surface area contributed by atoms with E-state index in [9.17, 15) is 4.79 Å². The van der Waals surface area contributed by atoms with Crippen LogP contribution in [0.5, 0.6) is 0 Å². The molecule has 0 radical (unpaired) electrons. The summed E-state index contributed by atoms with van der Waals surface area (Å²) in [7, 11) is 0. The number of carbonyl (C=O) groups is 1. The third-order valence-electron chi connectivity index (χ3n) is 3.19. The zero-order chi connectivity index (χ0) is 17.6. The van der Waals surface area contributed by atoms with Crippen LogP contribution in [0.15, 0.2) is 65.0 Å². The molecule has 0 fully saturated rings. The third kappa shape index (κ3) is 4.55. The number of amides is 2. The highest BCUT2D eigenvalue weighted by molar-refractivity contribution is 7.13. The third-order valence-corrected chi connectivity index (χ3v) is 3.86. The highest BCUT2D eigenvalue weighted by atomic mass is 32.1. The Kier molecular flexibility index (Phi) is 4.91. The van der Waals surface area contributed by atoms with E-state index in [2.05, 4.69) is 20.6 Å². The topological polar surface area (TPSA) is 118 Å². The molecule has 0 saturated carbocycles. The van der Waals surface area contributed by atoms with E-state index in [1.54, 1.807) is 18.2 Å². The molecule has 1 heterocycles. The quantitative estimate of drug-likeness (QED) is 0.427. The molecule has 6 N–H and O–H groups in total. The first-order valence-corrected chi connectivity index (χ1v) is 8.27. The number of thiazole rings is 1. The number of hydrogen-bond acceptors (Lipinski definition) is 5. The van der Waals surface area contributed by atoms with Gasteiger partial charge in [-0.3, -0.25) is 5.32 Å². The van der Waals surface area contributed by atoms with Gasteiger partial charge in [-0.25, -0.2) is 14.8 Å². The van der Waals surface area contributed by atoms with Gasteiger partial charge in [0, 0.05) is 16.6 Å². The Labute approximate surface area is 148 Å². The molecule has 2 aromatic carbocycles. The van der Waals surface area contributed by atoms with Gasteiger partial charge in [-0.05, 0) is 24.3 Å². The van der Waals surface area contributed by atoms with Gasteiger partial charge in [0.2, 0.25) is 5.96 Å². The summed E-state index contributed by atoms with van der Waals surface area (Å²) in [5, 5.41) is 7.52. The van der Waals surface area contributed by atoms with Crippen LogP contribution < -0.4 is 22.1 Å². The molecule has 126 valence electrons. The smallest absolute Gasteiger partial charge is 0.325 e. The van der Waals surface area contributed by atoms with Gasteiger partial charge in [0.1, 0.15) is 0 Å². The molecular weight excluding hydrogens is 336 g/mol. The number of carbonyl (C=O) groups excluding carboxylic acids is 1. The van der Waals surface area contributed by atoms with Crippen LogP contribution in [0, 0.1) is 0 Å². The molecule has 2 amide bonds. The molecule has 0 spiro atoms. The highest BCUT2D eigenvalue weighted by Crippen LogP contribution is 2.26. The van der Waals surface area contributed by atoms with E-state index in [-0.39, 0.29) is 5.96 Å². The van der Waals surface area contributed by atoms with Gasteiger partial charge in [-0.1, -0.05) is 30.3 Å². The van der Waals surface area contributed by atoms with Gasteiger partial charge in [-0.2, -0.15) is 0 Å². The fraction of sp³-hybridized carbons (Fsp3) is 0. The van der Waals surface area contributed by atoms with Crippen molar-refractivity contribution < 1.29 is 4.79 Å². The highest BCUT2D eigenvalue weighted by Gasteiger charge is 2.05. The molecule has 0 bridgehead atoms. The van der Waals surface area contributed by atoms with E-state index < -0.39 is 6.03 Å². The first-order chi connectivity index (χ1) is 12.1. The Balaban J connectivity index is 1.68. The van der Waals surface area contributed by atoms with Crippen molar-refractivity contribution in [2.75, 3.05) is 11.1 Å². The predicted octanol–water partition coefficient (Wildman–Crippen LogP) is 3.16. The van der Waals surface area contributed by atoms with Crippen LogP contribution in [0.3, 0.4) is 0 Å². The molecule has 3 aromatic rings. The largest absolute Gasteiger partial charge is 0.375 e. The first kappa shape index (κ1) is 16.5. The van der Waals surface area contributed by atoms with Gasteiger partial charge < -0.3 is 16.8 Å². The summed E-state index contributed by atoms with van der Waals surface area (Å²) in [4.78, 5) is 20.3. The van der Waals surface area contributed by atoms with Crippen molar-refractivity contribution in [3.8, 4) is 11.3 Å². The molecule has 0 aliphatic carbocycles. The zero-order valence-electron chi connectivity index (χ0n) is 13.1. The number of nitrogens with two attached hydrogens (primary N) is 2. The normalized spacial score (nSPS) is 11.1. The number of anilines is 2. The average Bonchev–Trinajstić information content (AvgIpc) is 3.02. The van der Waals surface area contributed by atoms with Crippen molar-refractivity contribution in [3.05, 3.63) is 60.0 Å². The van der Waals surface area contributed by atoms with E-state index in [4.69, 9.17) is 11.5 Å². The summed E-state index contributed by atoms with van der Waals surface area (Å²) < 4.78 is 0. The summed E-state index contributed by atoms with van der Waals surface area (Å²) >= 11 is 1.37. The standard InChI is InChI=1S/C17H16N6OS/c18-15(23-17(24)21-12-6-2-1-3-7-12)20-13-8-4-5-11(9-13)14-10-25-16(19)22-14/h1-10H,(H2,19,22)(H4,18,20,21,23,24). The minimum absolute atomic E-state index is 0.0108. The number of rotatable bonds is 3. The van der Waals surface area contributed by atoms with Gasteiger partial charge in [0.15, 0.2) is 5.13 Å². The Bertz CT molecular complexity index is 906. The molecule has 0 saturated heterocycles. The van der Waals surface area contributed by atoms with Gasteiger partial charge in [-0.15, -0.1) is 11.3 Å². The van der Waals surface area contributed by atoms with Crippen molar-refractivity contribution >= 4 is 39.8 Å². The van der Waals surface area contributed by atoms with Crippen LogP contribution in [0.1, 0.15) is 0 Å². The lowest BCUT2D eigenvalue weighted by Gasteiger charge is -2.07. The molecular formula is C17H16N6OS. The second-order valence-electron chi connectivity index (χ2n) is 5.06. The number of aliphatic imine (C=N–C) groups is 1. The molecule has 0 aliphatic rings. The maximum atomic E-state index is 11.9. The number of para-hydroxylation sites is 1. The van der Waals surface area contributed by atoms with Crippen molar-refractivity contribution in [3.63, 3.8) is 0 Å². The van der Waals surface area contributed by atoms with E-state index in [1.165, 1.54) is 11.3 Å². The Morgan fingerprint density at radius 3 is 2.64 bits per heavy atom. The Hall–Kier alpha value is -3.39. The van der Waals surface area contributed by atoms with Gasteiger partial charge in [0.25, 0.3) is 0 Å². The van der Waals surface area contributed by atoms with E-state index in [1.807, 2.05) is 41.8 Å². The maximum absolute atomic E-state index is 11.9. The fourth-order valence-corrected chi connectivity index (χ4v) is 2.69. The molecule has 25 heavy (non-hydrogen) atoms. The molecule has 7 nitrogen and oxygen atoms in total. The van der Waals surface area contributed by atoms with Crippen LogP contribution >= 0.6 is 11.3 Å². The second kappa shape index (κ2) is 7.45. The predicted molar refractivity (Wildman–Crippen MR) is 102 cm³/mol. The molecule has 0 unspecified atom stereocenters. The molecule has 8 heteroatoms. The van der Waals surface area contributed by atoms with E-state index in [0.717, 1.165) is 11.3 Å². The summed E-state index contributed by atoms with van der Waals surface area (Å²) in [6, 6.07) is 15.9. The molecule has 1 aromatic heterocycles. The van der Waals surface area contributed by atoms with Crippen LogP contribution in [-0.2, 0) is 0 Å². The number of urea groups is 1. The average molecular weight is 352 g/mol. The van der Waals surface area contributed by atoms with Crippen molar-refractivity contribution in [2.45, 2.75) is 0 Å². The monoisotopic (exact) mass is 352 g/mol. The van der Waals surface area contributed by atoms with E-state index >= 15 is 0 Å². The van der Waals surface area contributed by atoms with Crippen LogP contribution in [0.4, 0.5) is 21.3 Å². The second-order valence-corrected chi connectivity index (χ2v) is 5.95. The lowest BCUT2D eigenvalue weighted by atomic mass is 10.1. The van der Waals surface area contributed by atoms with Gasteiger partial charge >= 0.3 is 6.03 Å². The summed E-state index contributed by atoms with van der Waals surface area (Å²) in [5.74, 6) is -0.0108. The molecule has 3 rings (SSSR count). The SMILES string of the molecule is NC(=Nc1cccc(-c2csc(N)n2)c1)NC(=O)Nc1ccccc1. The summed E-state index contributed by atoms with van der Waals surface area (Å²) in [6.07, 6.45) is 0. The lowest BCUT2D eigenvalue weighted by molar-refractivity contribution is 0.256. The zero-order valence-corrected chi connectivity index (χ0v) is 14.0. The van der Waals surface area contributed by atoms with Crippen molar-refractivity contribution in [2.24, 2.45) is 10.7 Å². The lowest BCUT2D eigenvalue weighted by Crippen LogP contribution is -2.39. The van der Waals surface area contributed by atoms with Crippen molar-refractivity contribution in [1.82, 2.24) is 10.3 Å². The first-order valence-electron chi connectivity index (χ1n) is 7.39. The van der Waals surface area contributed by atoms with Crippen molar-refractivity contribution in [1.29, 1.82) is 0 Å². The van der Waals surface area contributed by atoms with Gasteiger partial charge in [0.05, 0.1) is 11.4 Å². The number of nitrogens with one attached hydrogen (secondary N) is 2. The Morgan fingerprint density at radius 1 is 1.12 bits per heavy atom. The number of guanidine groups is 1. The summed E-state index contributed by atoms with van der Waals surface area (Å²) in [5.41, 5.74) is 14.4. The maximum Gasteiger partial charge on any atom is 0.325 e. The number of benzene rings is 2. The number of aromatic nitrogens is 1. The molecule has 0 aliphatic heterocycles. The number of hydrogen-bond donors (Lipinski definition) is 4.